The Kier molecular flexibility index (Phi) is 8.03. The number of carbonyl (C=O) groups excluding carboxylic acids is 2. The van der Waals surface area contributed by atoms with Crippen molar-refractivity contribution in [2.45, 2.75) is 25.4 Å². The van der Waals surface area contributed by atoms with Crippen LogP contribution in [0.15, 0.2) is 70.3 Å². The lowest BCUT2D eigenvalue weighted by molar-refractivity contribution is -0.750. The van der Waals surface area contributed by atoms with Gasteiger partial charge in [-0.15, -0.1) is 4.59 Å². The van der Waals surface area contributed by atoms with Gasteiger partial charge in [0.2, 0.25) is 11.6 Å². The molecule has 0 bridgehead atoms. The Bertz CT molecular complexity index is 1540. The molecule has 1 fully saturated rings. The molecule has 3 aliphatic heterocycles. The molecule has 14 heteroatoms. The van der Waals surface area contributed by atoms with Crippen molar-refractivity contribution in [1.82, 2.24) is 9.88 Å². The Morgan fingerprint density at radius 1 is 1.24 bits per heavy atom. The molecule has 42 heavy (non-hydrogen) atoms. The SMILES string of the molecule is COCCC(=O)N1CCC[C@@H](C2=C3C=NC=C[N+]3(N)C(c3ccc(C(=O)Nc4cc(C(F)(F)F)ccn4)cc3F)=N2)C1. The number of likely N-dealkylation sites (tertiary alicyclic amines) is 1. The summed E-state index contributed by atoms with van der Waals surface area (Å²) in [5.41, 5.74) is 0.0484. The predicted octanol–water partition coefficient (Wildman–Crippen LogP) is 3.98. The van der Waals surface area contributed by atoms with Crippen LogP contribution in [0.4, 0.5) is 23.4 Å². The molecule has 220 valence electrons. The zero-order chi connectivity index (χ0) is 30.1. The van der Waals surface area contributed by atoms with Crippen LogP contribution in [0, 0.1) is 11.7 Å². The summed E-state index contributed by atoms with van der Waals surface area (Å²) in [6, 6.07) is 5.10. The van der Waals surface area contributed by atoms with Gasteiger partial charge in [-0.25, -0.2) is 9.37 Å². The molecule has 4 heterocycles. The number of amides is 2. The van der Waals surface area contributed by atoms with Gasteiger partial charge in [0.05, 0.1) is 36.6 Å². The molecule has 0 aliphatic carbocycles. The zero-order valence-corrected chi connectivity index (χ0v) is 22.6. The number of amidine groups is 1. The van der Waals surface area contributed by atoms with Gasteiger partial charge >= 0.3 is 6.18 Å². The van der Waals surface area contributed by atoms with Gasteiger partial charge in [0.15, 0.2) is 0 Å². The molecule has 1 unspecified atom stereocenters. The fraction of sp³-hybridized carbons (Fsp3) is 0.321. The van der Waals surface area contributed by atoms with Crippen molar-refractivity contribution in [3.8, 4) is 0 Å². The number of nitrogens with two attached hydrogens (primary N) is 1. The lowest BCUT2D eigenvalue weighted by atomic mass is 9.93. The second-order valence-corrected chi connectivity index (χ2v) is 10.1. The minimum atomic E-state index is -4.62. The number of ether oxygens (including phenoxy) is 1. The third-order valence-electron chi connectivity index (χ3n) is 7.30. The first-order chi connectivity index (χ1) is 20.0. The summed E-state index contributed by atoms with van der Waals surface area (Å²) in [5.74, 6) is 4.73. The number of hydrogen-bond acceptors (Lipinski definition) is 7. The molecule has 0 saturated carbocycles. The number of benzene rings is 1. The summed E-state index contributed by atoms with van der Waals surface area (Å²) < 4.78 is 59.2. The Morgan fingerprint density at radius 3 is 2.79 bits per heavy atom. The van der Waals surface area contributed by atoms with E-state index in [0.717, 1.165) is 31.2 Å². The minimum Gasteiger partial charge on any atom is -0.384 e. The van der Waals surface area contributed by atoms with Crippen molar-refractivity contribution in [3.05, 3.63) is 82.8 Å². The van der Waals surface area contributed by atoms with Gasteiger partial charge < -0.3 is 15.0 Å². The number of halogens is 4. The molecule has 1 aromatic carbocycles. The first kappa shape index (κ1) is 29.2. The number of allylic oxidation sites excluding steroid dienone is 1. The fourth-order valence-electron chi connectivity index (χ4n) is 5.16. The third kappa shape index (κ3) is 5.73. The van der Waals surface area contributed by atoms with Crippen LogP contribution in [0.1, 0.15) is 40.7 Å². The van der Waals surface area contributed by atoms with Gasteiger partial charge in [-0.2, -0.15) is 24.0 Å². The molecule has 5 rings (SSSR count). The number of nitrogens with one attached hydrogen (secondary N) is 1. The molecule has 1 aromatic heterocycles. The van der Waals surface area contributed by atoms with Crippen LogP contribution >= 0.6 is 0 Å². The summed E-state index contributed by atoms with van der Waals surface area (Å²) in [7, 11) is 1.54. The first-order valence-corrected chi connectivity index (χ1v) is 13.1. The number of rotatable bonds is 7. The molecular weight excluding hydrogens is 558 g/mol. The van der Waals surface area contributed by atoms with E-state index in [1.165, 1.54) is 25.4 Å². The lowest BCUT2D eigenvalue weighted by Crippen LogP contribution is -2.53. The molecule has 0 radical (unpaired) electrons. The highest BCUT2D eigenvalue weighted by Gasteiger charge is 2.47. The largest absolute Gasteiger partial charge is 0.416 e. The van der Waals surface area contributed by atoms with Crippen molar-refractivity contribution >= 4 is 29.7 Å². The molecule has 1 saturated heterocycles. The Morgan fingerprint density at radius 2 is 2.05 bits per heavy atom. The van der Waals surface area contributed by atoms with Crippen molar-refractivity contribution in [2.75, 3.05) is 32.1 Å². The number of aromatic nitrogens is 1. The van der Waals surface area contributed by atoms with Gasteiger partial charge in [0, 0.05) is 37.9 Å². The number of pyridine rings is 1. The van der Waals surface area contributed by atoms with Crippen molar-refractivity contribution < 1.29 is 36.5 Å². The van der Waals surface area contributed by atoms with Crippen LogP contribution < -0.4 is 11.2 Å². The number of fused-ring (bicyclic) bond motifs is 1. The summed E-state index contributed by atoms with van der Waals surface area (Å²) >= 11 is 0. The van der Waals surface area contributed by atoms with Crippen LogP contribution in [0.3, 0.4) is 0 Å². The van der Waals surface area contributed by atoms with Crippen LogP contribution in [-0.4, -0.2) is 65.1 Å². The van der Waals surface area contributed by atoms with Gasteiger partial charge in [0.25, 0.3) is 11.7 Å². The van der Waals surface area contributed by atoms with E-state index in [1.54, 1.807) is 17.3 Å². The van der Waals surface area contributed by atoms with Crippen molar-refractivity contribution in [1.29, 1.82) is 0 Å². The smallest absolute Gasteiger partial charge is 0.384 e. The topological polar surface area (TPSA) is 122 Å². The highest BCUT2D eigenvalue weighted by molar-refractivity contribution is 6.05. The summed E-state index contributed by atoms with van der Waals surface area (Å²) in [5, 5.41) is 2.26. The molecule has 3 aliphatic rings. The highest BCUT2D eigenvalue weighted by atomic mass is 19.4. The normalized spacial score (nSPS) is 21.8. The van der Waals surface area contributed by atoms with Crippen LogP contribution in [0.2, 0.25) is 0 Å². The van der Waals surface area contributed by atoms with Crippen molar-refractivity contribution in [3.63, 3.8) is 0 Å². The summed E-state index contributed by atoms with van der Waals surface area (Å²) in [6.07, 6.45) is 2.67. The second-order valence-electron chi connectivity index (χ2n) is 10.1. The average molecular weight is 587 g/mol. The molecule has 2 atom stereocenters. The lowest BCUT2D eigenvalue weighted by Gasteiger charge is -2.33. The van der Waals surface area contributed by atoms with E-state index < -0.39 is 28.1 Å². The highest BCUT2D eigenvalue weighted by Crippen LogP contribution is 2.38. The molecule has 2 amide bonds. The number of anilines is 1. The molecule has 10 nitrogen and oxygen atoms in total. The number of aliphatic imine (C=N–C) groups is 2. The quantitative estimate of drug-likeness (QED) is 0.289. The van der Waals surface area contributed by atoms with Gasteiger partial charge in [-0.1, -0.05) is 0 Å². The third-order valence-corrected chi connectivity index (χ3v) is 7.30. The van der Waals surface area contributed by atoms with Gasteiger partial charge in [-0.05, 0) is 43.2 Å². The monoisotopic (exact) mass is 586 g/mol. The maximum atomic E-state index is 15.6. The van der Waals surface area contributed by atoms with Crippen LogP contribution in [0.5, 0.6) is 0 Å². The molecule has 2 aromatic rings. The Hall–Kier alpha value is -4.27. The van der Waals surface area contributed by atoms with E-state index >= 15 is 4.39 Å². The van der Waals surface area contributed by atoms with E-state index in [1.807, 2.05) is 0 Å². The number of methoxy groups -OCH3 is 1. The molecule has 3 N–H and O–H groups in total. The summed E-state index contributed by atoms with van der Waals surface area (Å²) in [4.78, 5) is 39.9. The maximum absolute atomic E-state index is 15.6. The van der Waals surface area contributed by atoms with Gasteiger partial charge in [0.1, 0.15) is 23.5 Å². The van der Waals surface area contributed by atoms with E-state index in [4.69, 9.17) is 15.6 Å². The number of quaternary nitrogens is 1. The Labute approximate surface area is 238 Å². The standard InChI is InChI=1S/C28H27F4N7O3/c1-42-12-7-24(40)38-10-2-3-18(16-38)25-22-15-34-9-11-39(22,33)26(37-25)20-5-4-17(13-21(20)29)27(41)36-23-14-19(6-8-35-23)28(30,31)32/h4-6,8-9,11,13-15,18H,2-3,7,10,12,16,33H2,1H3/p+1/t18-,39?/m1/s1. The second kappa shape index (κ2) is 11.5. The zero-order valence-electron chi connectivity index (χ0n) is 22.6. The number of hydrogen-bond donors (Lipinski definition) is 2. The van der Waals surface area contributed by atoms with Crippen molar-refractivity contribution in [2.24, 2.45) is 21.7 Å². The van der Waals surface area contributed by atoms with Gasteiger partial charge in [-0.3, -0.25) is 14.6 Å². The van der Waals surface area contributed by atoms with E-state index in [0.29, 0.717) is 37.2 Å². The number of piperidine rings is 1. The maximum Gasteiger partial charge on any atom is 0.416 e. The first-order valence-electron chi connectivity index (χ1n) is 13.1. The minimum absolute atomic E-state index is 0.0275. The fourth-order valence-corrected chi connectivity index (χ4v) is 5.16. The van der Waals surface area contributed by atoms with Crippen LogP contribution in [-0.2, 0) is 15.7 Å². The number of carbonyl (C=O) groups is 2. The molecular formula is C28H28F4N7O3+. The van der Waals surface area contributed by atoms with Crippen LogP contribution in [0.25, 0.3) is 0 Å². The summed E-state index contributed by atoms with van der Waals surface area (Å²) in [6.45, 7) is 1.35. The van der Waals surface area contributed by atoms with E-state index in [9.17, 15) is 22.8 Å². The Balaban J connectivity index is 1.40. The number of alkyl halides is 3. The van der Waals surface area contributed by atoms with E-state index in [-0.39, 0.29) is 41.0 Å². The molecule has 0 spiro atoms. The van der Waals surface area contributed by atoms with E-state index in [2.05, 4.69) is 15.3 Å². The average Bonchev–Trinajstić information content (AvgIpc) is 3.28. The number of nitrogens with zero attached hydrogens (tertiary/aromatic N) is 5. The predicted molar refractivity (Wildman–Crippen MR) is 145 cm³/mol.